The number of ether oxygens (including phenoxy) is 3. The van der Waals surface area contributed by atoms with Gasteiger partial charge < -0.3 is 24.8 Å². The lowest BCUT2D eigenvalue weighted by Gasteiger charge is -2.14. The summed E-state index contributed by atoms with van der Waals surface area (Å²) in [6.45, 7) is 2.96. The molecule has 2 aliphatic rings. The predicted molar refractivity (Wildman–Crippen MR) is 122 cm³/mol. The summed E-state index contributed by atoms with van der Waals surface area (Å²) in [4.78, 5) is 4.31. The normalized spacial score (nSPS) is 15.0. The predicted octanol–water partition coefficient (Wildman–Crippen LogP) is 3.63. The number of anilines is 1. The molecule has 2 aromatic rings. The molecule has 0 saturated carbocycles. The topological polar surface area (TPSA) is 64.1 Å². The number of rotatable bonds is 4. The molecule has 0 spiro atoms. The van der Waals surface area contributed by atoms with Gasteiger partial charge in [0.15, 0.2) is 17.5 Å². The van der Waals surface area contributed by atoms with Gasteiger partial charge >= 0.3 is 0 Å². The molecule has 0 aliphatic carbocycles. The van der Waals surface area contributed by atoms with Crippen LogP contribution in [0.25, 0.3) is 0 Å². The van der Waals surface area contributed by atoms with Crippen LogP contribution in [-0.4, -0.2) is 39.4 Å². The van der Waals surface area contributed by atoms with Gasteiger partial charge in [0.25, 0.3) is 0 Å². The summed E-state index contributed by atoms with van der Waals surface area (Å²) >= 11 is 0. The Balaban J connectivity index is 0.00000225. The van der Waals surface area contributed by atoms with Crippen LogP contribution >= 0.6 is 24.0 Å². The molecular weight excluding hydrogens is 469 g/mol. The van der Waals surface area contributed by atoms with Crippen molar-refractivity contribution in [3.05, 3.63) is 47.5 Å². The maximum absolute atomic E-state index is 5.74. The van der Waals surface area contributed by atoms with E-state index in [2.05, 4.69) is 33.8 Å². The fourth-order valence-electron chi connectivity index (χ4n) is 3.28. The molecule has 28 heavy (non-hydrogen) atoms. The summed E-state index contributed by atoms with van der Waals surface area (Å²) in [5.74, 6) is 3.32. The zero-order valence-electron chi connectivity index (χ0n) is 16.0. The quantitative estimate of drug-likeness (QED) is 0.386. The maximum Gasteiger partial charge on any atom is 0.195 e. The number of guanidine groups is 1. The third-order valence-corrected chi connectivity index (χ3v) is 4.69. The van der Waals surface area contributed by atoms with Crippen molar-refractivity contribution >= 4 is 35.6 Å². The van der Waals surface area contributed by atoms with Crippen molar-refractivity contribution in [2.24, 2.45) is 4.99 Å². The molecule has 0 saturated heterocycles. The second kappa shape index (κ2) is 9.86. The molecule has 0 unspecified atom stereocenters. The molecule has 7 heteroatoms. The number of benzene rings is 2. The molecule has 2 heterocycles. The molecule has 4 rings (SSSR count). The average Bonchev–Trinajstić information content (AvgIpc) is 3.03. The van der Waals surface area contributed by atoms with Crippen LogP contribution in [0.3, 0.4) is 0 Å². The monoisotopic (exact) mass is 495 g/mol. The van der Waals surface area contributed by atoms with Gasteiger partial charge in [0.05, 0.1) is 19.8 Å². The van der Waals surface area contributed by atoms with Gasteiger partial charge in [0.1, 0.15) is 5.75 Å². The van der Waals surface area contributed by atoms with E-state index >= 15 is 0 Å². The highest BCUT2D eigenvalue weighted by Crippen LogP contribution is 2.32. The van der Waals surface area contributed by atoms with Crippen LogP contribution in [0.15, 0.2) is 41.4 Å². The summed E-state index contributed by atoms with van der Waals surface area (Å²) in [5, 5.41) is 6.67. The van der Waals surface area contributed by atoms with Gasteiger partial charge in [-0.3, -0.25) is 4.99 Å². The third-order valence-electron chi connectivity index (χ3n) is 4.69. The Hall–Kier alpha value is -2.16. The Morgan fingerprint density at radius 2 is 1.75 bits per heavy atom. The van der Waals surface area contributed by atoms with Gasteiger partial charge in [0.2, 0.25) is 0 Å². The summed E-state index contributed by atoms with van der Waals surface area (Å²) in [6, 6.07) is 12.3. The van der Waals surface area contributed by atoms with Crippen LogP contribution in [0.1, 0.15) is 17.5 Å². The highest BCUT2D eigenvalue weighted by Gasteiger charge is 2.13. The smallest absolute Gasteiger partial charge is 0.195 e. The molecular formula is C21H26IN3O3. The van der Waals surface area contributed by atoms with Crippen LogP contribution in [0.2, 0.25) is 0 Å². The summed E-state index contributed by atoms with van der Waals surface area (Å²) in [5.41, 5.74) is 3.53. The fraction of sp³-hybridized carbons (Fsp3) is 0.381. The number of aliphatic imine (C=N–C) groups is 1. The number of nitrogens with zero attached hydrogens (tertiary/aromatic N) is 1. The molecule has 0 aromatic heterocycles. The van der Waals surface area contributed by atoms with Crippen molar-refractivity contribution < 1.29 is 14.2 Å². The van der Waals surface area contributed by atoms with Gasteiger partial charge in [-0.25, -0.2) is 0 Å². The fourth-order valence-corrected chi connectivity index (χ4v) is 3.28. The number of fused-ring (bicyclic) bond motifs is 2. The van der Waals surface area contributed by atoms with E-state index in [0.717, 1.165) is 61.3 Å². The Labute approximate surface area is 182 Å². The SMILES string of the molecule is CN=C(NCCc1ccc2c(c1)CCO2)Nc1ccc2c(c1)OCCCO2.I. The van der Waals surface area contributed by atoms with E-state index in [1.165, 1.54) is 11.1 Å². The number of hydrogen-bond acceptors (Lipinski definition) is 4. The van der Waals surface area contributed by atoms with Gasteiger partial charge in [-0.05, 0) is 35.7 Å². The highest BCUT2D eigenvalue weighted by atomic mass is 127. The Morgan fingerprint density at radius 3 is 2.61 bits per heavy atom. The van der Waals surface area contributed by atoms with Crippen molar-refractivity contribution in [3.8, 4) is 17.2 Å². The maximum atomic E-state index is 5.74. The third kappa shape index (κ3) is 5.01. The Bertz CT molecular complexity index is 842. The molecule has 2 aliphatic heterocycles. The van der Waals surface area contributed by atoms with E-state index in [4.69, 9.17) is 14.2 Å². The summed E-state index contributed by atoms with van der Waals surface area (Å²) in [7, 11) is 1.77. The standard InChI is InChI=1S/C21H25N3O3.HI/c1-22-21(23-9-7-15-3-5-18-16(13-15)8-12-27-18)24-17-4-6-19-20(14-17)26-11-2-10-25-19;/h3-6,13-14H,2,7-12H2,1H3,(H2,22,23,24);1H. The van der Waals surface area contributed by atoms with E-state index in [1.807, 2.05) is 18.2 Å². The Kier molecular flexibility index (Phi) is 7.24. The van der Waals surface area contributed by atoms with E-state index in [9.17, 15) is 0 Å². The second-order valence-corrected chi connectivity index (χ2v) is 6.63. The van der Waals surface area contributed by atoms with Crippen molar-refractivity contribution in [2.45, 2.75) is 19.3 Å². The van der Waals surface area contributed by atoms with Gasteiger partial charge in [-0.2, -0.15) is 0 Å². The minimum atomic E-state index is 0. The number of halogens is 1. The first-order valence-corrected chi connectivity index (χ1v) is 9.44. The minimum absolute atomic E-state index is 0. The molecule has 0 bridgehead atoms. The first-order chi connectivity index (χ1) is 13.3. The molecule has 0 radical (unpaired) electrons. The number of hydrogen-bond donors (Lipinski definition) is 2. The minimum Gasteiger partial charge on any atom is -0.493 e. The average molecular weight is 495 g/mol. The zero-order valence-corrected chi connectivity index (χ0v) is 18.3. The highest BCUT2D eigenvalue weighted by molar-refractivity contribution is 14.0. The lowest BCUT2D eigenvalue weighted by Crippen LogP contribution is -2.32. The summed E-state index contributed by atoms with van der Waals surface area (Å²) in [6.07, 6.45) is 2.83. The molecule has 2 N–H and O–H groups in total. The molecule has 0 fully saturated rings. The zero-order chi connectivity index (χ0) is 18.5. The Morgan fingerprint density at radius 1 is 0.964 bits per heavy atom. The lowest BCUT2D eigenvalue weighted by molar-refractivity contribution is 0.297. The van der Waals surface area contributed by atoms with Crippen molar-refractivity contribution in [1.82, 2.24) is 5.32 Å². The van der Waals surface area contributed by atoms with Crippen molar-refractivity contribution in [2.75, 3.05) is 38.7 Å². The van der Waals surface area contributed by atoms with Crippen LogP contribution < -0.4 is 24.8 Å². The van der Waals surface area contributed by atoms with Crippen LogP contribution in [0, 0.1) is 0 Å². The van der Waals surface area contributed by atoms with E-state index < -0.39 is 0 Å². The molecule has 6 nitrogen and oxygen atoms in total. The largest absolute Gasteiger partial charge is 0.493 e. The van der Waals surface area contributed by atoms with E-state index in [-0.39, 0.29) is 24.0 Å². The van der Waals surface area contributed by atoms with Gasteiger partial charge in [0, 0.05) is 38.2 Å². The lowest BCUT2D eigenvalue weighted by atomic mass is 10.1. The number of nitrogens with one attached hydrogen (secondary N) is 2. The van der Waals surface area contributed by atoms with Gasteiger partial charge in [-0.15, -0.1) is 24.0 Å². The molecule has 150 valence electrons. The van der Waals surface area contributed by atoms with Crippen LogP contribution in [0.4, 0.5) is 5.69 Å². The van der Waals surface area contributed by atoms with Crippen molar-refractivity contribution in [1.29, 1.82) is 0 Å². The van der Waals surface area contributed by atoms with Gasteiger partial charge in [-0.1, -0.05) is 12.1 Å². The van der Waals surface area contributed by atoms with E-state index in [1.54, 1.807) is 7.05 Å². The summed E-state index contributed by atoms with van der Waals surface area (Å²) < 4.78 is 17.0. The van der Waals surface area contributed by atoms with Crippen molar-refractivity contribution in [3.63, 3.8) is 0 Å². The first-order valence-electron chi connectivity index (χ1n) is 9.44. The molecule has 2 aromatic carbocycles. The van der Waals surface area contributed by atoms with Crippen LogP contribution in [-0.2, 0) is 12.8 Å². The second-order valence-electron chi connectivity index (χ2n) is 6.63. The molecule has 0 amide bonds. The first kappa shape index (κ1) is 20.6. The molecule has 0 atom stereocenters. The van der Waals surface area contributed by atoms with Crippen LogP contribution in [0.5, 0.6) is 17.2 Å². The van der Waals surface area contributed by atoms with E-state index in [0.29, 0.717) is 13.2 Å².